The molecule has 0 N–H and O–H groups in total. The smallest absolute Gasteiger partial charge is 0.338 e. The van der Waals surface area contributed by atoms with Gasteiger partial charge in [0.2, 0.25) is 5.78 Å². The van der Waals surface area contributed by atoms with Gasteiger partial charge in [-0.1, -0.05) is 29.8 Å². The van der Waals surface area contributed by atoms with E-state index in [1.807, 2.05) is 19.1 Å². The Morgan fingerprint density at radius 1 is 0.952 bits per heavy atom. The molecule has 0 saturated carbocycles. The zero-order chi connectivity index (χ0) is 15.4. The van der Waals surface area contributed by atoms with E-state index in [1.165, 1.54) is 31.2 Å². The molecule has 0 spiro atoms. The minimum atomic E-state index is -0.898. The topological polar surface area (TPSA) is 43.4 Å². The zero-order valence-electron chi connectivity index (χ0n) is 11.8. The number of benzene rings is 2. The highest BCUT2D eigenvalue weighted by molar-refractivity contribution is 6.01. The van der Waals surface area contributed by atoms with Gasteiger partial charge in [-0.05, 0) is 38.1 Å². The summed E-state index contributed by atoms with van der Waals surface area (Å²) in [5.41, 5.74) is 1.74. The van der Waals surface area contributed by atoms with Gasteiger partial charge in [0.15, 0.2) is 6.10 Å². The summed E-state index contributed by atoms with van der Waals surface area (Å²) in [5, 5.41) is 0. The standard InChI is InChI=1S/C17H15FO3/c1-11-3-5-13(6-4-11)16(19)12(2)21-17(20)14-7-9-15(18)10-8-14/h3-10,12H,1-2H3/t12-/m1/s1. The fourth-order valence-corrected chi connectivity index (χ4v) is 1.82. The van der Waals surface area contributed by atoms with Crippen LogP contribution < -0.4 is 0 Å². The zero-order valence-corrected chi connectivity index (χ0v) is 11.8. The average molecular weight is 286 g/mol. The van der Waals surface area contributed by atoms with E-state index >= 15 is 0 Å². The van der Waals surface area contributed by atoms with Crippen LogP contribution in [0, 0.1) is 12.7 Å². The SMILES string of the molecule is Cc1ccc(C(=O)[C@@H](C)OC(=O)c2ccc(F)cc2)cc1. The van der Waals surface area contributed by atoms with Gasteiger partial charge in [-0.2, -0.15) is 0 Å². The van der Waals surface area contributed by atoms with Crippen molar-refractivity contribution in [3.63, 3.8) is 0 Å². The van der Waals surface area contributed by atoms with Crippen LogP contribution in [0.3, 0.4) is 0 Å². The van der Waals surface area contributed by atoms with Crippen LogP contribution >= 0.6 is 0 Å². The third-order valence-electron chi connectivity index (χ3n) is 3.07. The molecule has 2 aromatic rings. The number of carbonyl (C=O) groups excluding carboxylic acids is 2. The molecule has 0 aromatic heterocycles. The molecule has 0 fully saturated rings. The Kier molecular flexibility index (Phi) is 4.48. The van der Waals surface area contributed by atoms with Crippen LogP contribution in [0.2, 0.25) is 0 Å². The molecule has 2 rings (SSSR count). The second kappa shape index (κ2) is 6.31. The summed E-state index contributed by atoms with van der Waals surface area (Å²) in [6, 6.07) is 12.0. The number of rotatable bonds is 4. The van der Waals surface area contributed by atoms with E-state index in [0.717, 1.165) is 5.56 Å². The van der Waals surface area contributed by atoms with Crippen molar-refractivity contribution in [2.24, 2.45) is 0 Å². The van der Waals surface area contributed by atoms with Crippen molar-refractivity contribution in [2.45, 2.75) is 20.0 Å². The van der Waals surface area contributed by atoms with Crippen molar-refractivity contribution in [3.05, 3.63) is 71.0 Å². The lowest BCUT2D eigenvalue weighted by Gasteiger charge is -2.12. The first kappa shape index (κ1) is 14.9. The average Bonchev–Trinajstić information content (AvgIpc) is 2.47. The lowest BCUT2D eigenvalue weighted by Crippen LogP contribution is -2.24. The first-order chi connectivity index (χ1) is 9.97. The van der Waals surface area contributed by atoms with Crippen LogP contribution in [0.4, 0.5) is 4.39 Å². The van der Waals surface area contributed by atoms with Gasteiger partial charge in [0.05, 0.1) is 5.56 Å². The van der Waals surface area contributed by atoms with Crippen molar-refractivity contribution in [1.82, 2.24) is 0 Å². The number of carbonyl (C=O) groups is 2. The number of Topliss-reactive ketones (excluding diaryl/α,β-unsaturated/α-hetero) is 1. The molecule has 1 atom stereocenters. The van der Waals surface area contributed by atoms with Crippen molar-refractivity contribution in [3.8, 4) is 0 Å². The van der Waals surface area contributed by atoms with Crippen LogP contribution in [0.5, 0.6) is 0 Å². The molecule has 2 aromatic carbocycles. The third-order valence-corrected chi connectivity index (χ3v) is 3.07. The predicted octanol–water partition coefficient (Wildman–Crippen LogP) is 3.56. The van der Waals surface area contributed by atoms with Crippen molar-refractivity contribution in [1.29, 1.82) is 0 Å². The molecule has 0 unspecified atom stereocenters. The summed E-state index contributed by atoms with van der Waals surface area (Å²) in [4.78, 5) is 24.0. The minimum absolute atomic E-state index is 0.208. The first-order valence-electron chi connectivity index (χ1n) is 6.55. The van der Waals surface area contributed by atoms with E-state index in [4.69, 9.17) is 4.74 Å². The van der Waals surface area contributed by atoms with Gasteiger partial charge in [0, 0.05) is 5.56 Å². The van der Waals surface area contributed by atoms with Gasteiger partial charge >= 0.3 is 5.97 Å². The van der Waals surface area contributed by atoms with Crippen LogP contribution in [0.25, 0.3) is 0 Å². The van der Waals surface area contributed by atoms with Crippen LogP contribution in [-0.4, -0.2) is 17.9 Å². The van der Waals surface area contributed by atoms with Crippen molar-refractivity contribution < 1.29 is 18.7 Å². The summed E-state index contributed by atoms with van der Waals surface area (Å²) in [7, 11) is 0. The van der Waals surface area contributed by atoms with Gasteiger partial charge in [0.1, 0.15) is 5.82 Å². The van der Waals surface area contributed by atoms with E-state index < -0.39 is 17.9 Å². The molecule has 4 heteroatoms. The molecule has 0 saturated heterocycles. The van der Waals surface area contributed by atoms with E-state index in [2.05, 4.69) is 0 Å². The number of hydrogen-bond acceptors (Lipinski definition) is 3. The molecule has 0 bridgehead atoms. The van der Waals surface area contributed by atoms with Crippen LogP contribution in [-0.2, 0) is 4.74 Å². The predicted molar refractivity (Wildman–Crippen MR) is 76.8 cm³/mol. The number of halogens is 1. The molecule has 108 valence electrons. The molecule has 0 radical (unpaired) electrons. The first-order valence-corrected chi connectivity index (χ1v) is 6.55. The molecule has 21 heavy (non-hydrogen) atoms. The number of ketones is 1. The lowest BCUT2D eigenvalue weighted by atomic mass is 10.1. The molecular weight excluding hydrogens is 271 g/mol. The lowest BCUT2D eigenvalue weighted by molar-refractivity contribution is 0.0319. The molecule has 0 heterocycles. The summed E-state index contributed by atoms with van der Waals surface area (Å²) in [5.74, 6) is -1.36. The maximum Gasteiger partial charge on any atom is 0.338 e. The maximum absolute atomic E-state index is 12.8. The summed E-state index contributed by atoms with van der Waals surface area (Å²) in [6.07, 6.45) is -0.898. The van der Waals surface area contributed by atoms with Gasteiger partial charge < -0.3 is 4.74 Å². The molecule has 0 amide bonds. The number of aryl methyl sites for hydroxylation is 1. The Labute approximate surface area is 122 Å². The highest BCUT2D eigenvalue weighted by Gasteiger charge is 2.20. The quantitative estimate of drug-likeness (QED) is 0.637. The molecule has 0 aliphatic heterocycles. The minimum Gasteiger partial charge on any atom is -0.451 e. The highest BCUT2D eigenvalue weighted by atomic mass is 19.1. The second-order valence-electron chi connectivity index (χ2n) is 4.78. The fourth-order valence-electron chi connectivity index (χ4n) is 1.82. The fraction of sp³-hybridized carbons (Fsp3) is 0.176. The van der Waals surface area contributed by atoms with E-state index in [0.29, 0.717) is 5.56 Å². The van der Waals surface area contributed by atoms with Gasteiger partial charge in [-0.15, -0.1) is 0 Å². The highest BCUT2D eigenvalue weighted by Crippen LogP contribution is 2.11. The number of hydrogen-bond donors (Lipinski definition) is 0. The van der Waals surface area contributed by atoms with E-state index in [1.54, 1.807) is 12.1 Å². The largest absolute Gasteiger partial charge is 0.451 e. The summed E-state index contributed by atoms with van der Waals surface area (Å²) in [6.45, 7) is 3.44. The molecule has 0 aliphatic carbocycles. The number of esters is 1. The molecule has 0 aliphatic rings. The van der Waals surface area contributed by atoms with Gasteiger partial charge in [-0.3, -0.25) is 4.79 Å². The van der Waals surface area contributed by atoms with Gasteiger partial charge in [0.25, 0.3) is 0 Å². The van der Waals surface area contributed by atoms with E-state index in [9.17, 15) is 14.0 Å². The summed E-state index contributed by atoms with van der Waals surface area (Å²) < 4.78 is 17.9. The second-order valence-corrected chi connectivity index (χ2v) is 4.78. The summed E-state index contributed by atoms with van der Waals surface area (Å²) >= 11 is 0. The Balaban J connectivity index is 2.05. The van der Waals surface area contributed by atoms with Crippen LogP contribution in [0.1, 0.15) is 33.2 Å². The molecular formula is C17H15FO3. The number of ether oxygens (including phenoxy) is 1. The third kappa shape index (κ3) is 3.75. The van der Waals surface area contributed by atoms with Crippen molar-refractivity contribution in [2.75, 3.05) is 0 Å². The Hall–Kier alpha value is -2.49. The maximum atomic E-state index is 12.8. The van der Waals surface area contributed by atoms with Crippen LogP contribution in [0.15, 0.2) is 48.5 Å². The Morgan fingerprint density at radius 2 is 1.48 bits per heavy atom. The monoisotopic (exact) mass is 286 g/mol. The van der Waals surface area contributed by atoms with Crippen molar-refractivity contribution >= 4 is 11.8 Å². The van der Waals surface area contributed by atoms with Gasteiger partial charge in [-0.25, -0.2) is 9.18 Å². The normalized spacial score (nSPS) is 11.8. The van der Waals surface area contributed by atoms with E-state index in [-0.39, 0.29) is 11.3 Å². The molecule has 3 nitrogen and oxygen atoms in total. The Bertz CT molecular complexity index is 645. The Morgan fingerprint density at radius 3 is 2.05 bits per heavy atom.